The highest BCUT2D eigenvalue weighted by Gasteiger charge is 2.23. The zero-order chi connectivity index (χ0) is 22.3. The van der Waals surface area contributed by atoms with Crippen molar-refractivity contribution in [1.82, 2.24) is 0 Å². The molecule has 0 saturated carbocycles. The molecule has 160 valence electrons. The molecule has 0 unspecified atom stereocenters. The third-order valence-corrected chi connectivity index (χ3v) is 4.90. The lowest BCUT2D eigenvalue weighted by Crippen LogP contribution is -2.12. The molecular weight excluding hydrogens is 402 g/mol. The van der Waals surface area contributed by atoms with Crippen molar-refractivity contribution in [2.45, 2.75) is 6.92 Å². The molecule has 0 fully saturated rings. The zero-order valence-electron chi connectivity index (χ0n) is 17.9. The summed E-state index contributed by atoms with van der Waals surface area (Å²) in [7, 11) is 1.35. The van der Waals surface area contributed by atoms with Gasteiger partial charge in [-0.1, -0.05) is 42.5 Å². The number of nitrogens with zero attached hydrogens (tertiary/aromatic N) is 1. The summed E-state index contributed by atoms with van der Waals surface area (Å²) in [6.45, 7) is 2.53. The van der Waals surface area contributed by atoms with E-state index in [1.165, 1.54) is 13.2 Å². The first kappa shape index (κ1) is 21.1. The molecule has 0 aliphatic carbocycles. The number of benzene rings is 3. The van der Waals surface area contributed by atoms with Gasteiger partial charge in [-0.3, -0.25) is 0 Å². The largest absolute Gasteiger partial charge is 0.494 e. The lowest BCUT2D eigenvalue weighted by Gasteiger charge is -2.22. The van der Waals surface area contributed by atoms with Crippen molar-refractivity contribution in [3.05, 3.63) is 108 Å². The summed E-state index contributed by atoms with van der Waals surface area (Å²) in [5, 5.41) is 0. The molecule has 0 amide bonds. The smallest absolute Gasteiger partial charge is 0.330 e. The third-order valence-electron chi connectivity index (χ3n) is 4.90. The number of esters is 1. The van der Waals surface area contributed by atoms with Gasteiger partial charge in [-0.05, 0) is 55.0 Å². The first-order valence-corrected chi connectivity index (χ1v) is 10.3. The maximum atomic E-state index is 11.9. The molecule has 1 aliphatic heterocycles. The van der Waals surface area contributed by atoms with Crippen molar-refractivity contribution in [2.75, 3.05) is 13.7 Å². The summed E-state index contributed by atoms with van der Waals surface area (Å²) in [6.07, 6.45) is 3.10. The molecule has 0 bridgehead atoms. The van der Waals surface area contributed by atoms with Crippen LogP contribution in [0.1, 0.15) is 23.6 Å². The van der Waals surface area contributed by atoms with Gasteiger partial charge >= 0.3 is 5.97 Å². The van der Waals surface area contributed by atoms with Gasteiger partial charge in [-0.2, -0.15) is 0 Å². The molecule has 3 aromatic carbocycles. The minimum absolute atomic E-state index is 0.449. The summed E-state index contributed by atoms with van der Waals surface area (Å²) in [5.74, 6) is 1.43. The number of methoxy groups -OCH3 is 1. The van der Waals surface area contributed by atoms with Crippen LogP contribution >= 0.6 is 0 Å². The highest BCUT2D eigenvalue weighted by molar-refractivity contribution is 6.07. The molecular formula is C27H23NO4. The number of ether oxygens (including phenoxy) is 3. The summed E-state index contributed by atoms with van der Waals surface area (Å²) in [6, 6.07) is 25.2. The number of aliphatic imine (C=N–C) groups is 1. The van der Waals surface area contributed by atoms with Crippen molar-refractivity contribution >= 4 is 28.9 Å². The summed E-state index contributed by atoms with van der Waals surface area (Å²) in [4.78, 5) is 16.6. The standard InChI is InChI=1S/C27H23NO4/c1-3-31-21-15-13-19(14-16-21)22(17-18-25(29)30-2)26-23-11-7-8-12-24(23)28-27(32-26)20-9-5-4-6-10-20/h4-18H,3H2,1-2H3/b18-17+,26-22+. The average molecular weight is 425 g/mol. The normalized spacial score (nSPS) is 14.2. The van der Waals surface area contributed by atoms with E-state index in [0.717, 1.165) is 33.7 Å². The van der Waals surface area contributed by atoms with E-state index < -0.39 is 5.97 Å². The number of carbonyl (C=O) groups is 1. The second-order valence-corrected chi connectivity index (χ2v) is 6.96. The Morgan fingerprint density at radius 3 is 2.38 bits per heavy atom. The predicted molar refractivity (Wildman–Crippen MR) is 126 cm³/mol. The fraction of sp³-hybridized carbons (Fsp3) is 0.111. The Kier molecular flexibility index (Phi) is 6.46. The lowest BCUT2D eigenvalue weighted by molar-refractivity contribution is -0.134. The Labute approximate surface area is 187 Å². The van der Waals surface area contributed by atoms with Crippen molar-refractivity contribution in [2.24, 2.45) is 4.99 Å². The molecule has 1 heterocycles. The Bertz CT molecular complexity index is 1190. The summed E-state index contributed by atoms with van der Waals surface area (Å²) < 4.78 is 16.7. The molecule has 5 heteroatoms. The van der Waals surface area contributed by atoms with Crippen LogP contribution in [0.25, 0.3) is 11.3 Å². The number of rotatable bonds is 6. The lowest BCUT2D eigenvalue weighted by atomic mass is 9.98. The second kappa shape index (κ2) is 9.79. The van der Waals surface area contributed by atoms with Gasteiger partial charge in [0.1, 0.15) is 11.5 Å². The van der Waals surface area contributed by atoms with Gasteiger partial charge in [0.15, 0.2) is 0 Å². The number of carbonyl (C=O) groups excluding carboxylic acids is 1. The molecule has 0 spiro atoms. The van der Waals surface area contributed by atoms with E-state index in [-0.39, 0.29) is 0 Å². The average Bonchev–Trinajstić information content (AvgIpc) is 2.85. The molecule has 0 aromatic heterocycles. The minimum atomic E-state index is -0.449. The molecule has 0 atom stereocenters. The Morgan fingerprint density at radius 1 is 0.938 bits per heavy atom. The number of fused-ring (bicyclic) bond motifs is 1. The van der Waals surface area contributed by atoms with E-state index in [9.17, 15) is 4.79 Å². The Balaban J connectivity index is 1.89. The van der Waals surface area contributed by atoms with Crippen molar-refractivity contribution in [1.29, 1.82) is 0 Å². The minimum Gasteiger partial charge on any atom is -0.494 e. The third kappa shape index (κ3) is 4.62. The molecule has 0 radical (unpaired) electrons. The molecule has 3 aromatic rings. The highest BCUT2D eigenvalue weighted by Crippen LogP contribution is 2.38. The number of para-hydroxylation sites is 1. The van der Waals surface area contributed by atoms with E-state index in [4.69, 9.17) is 19.2 Å². The number of hydrogen-bond donors (Lipinski definition) is 0. The first-order valence-electron chi connectivity index (χ1n) is 10.3. The van der Waals surface area contributed by atoms with Crippen LogP contribution in [0.4, 0.5) is 5.69 Å². The van der Waals surface area contributed by atoms with Crippen molar-refractivity contribution in [3.8, 4) is 5.75 Å². The van der Waals surface area contributed by atoms with Gasteiger partial charge in [0.2, 0.25) is 5.90 Å². The highest BCUT2D eigenvalue weighted by atomic mass is 16.5. The van der Waals surface area contributed by atoms with E-state index >= 15 is 0 Å². The topological polar surface area (TPSA) is 57.1 Å². The summed E-state index contributed by atoms with van der Waals surface area (Å²) >= 11 is 0. The molecule has 5 nitrogen and oxygen atoms in total. The van der Waals surface area contributed by atoms with Crippen LogP contribution < -0.4 is 4.74 Å². The van der Waals surface area contributed by atoms with Gasteiger partial charge in [0, 0.05) is 22.8 Å². The van der Waals surface area contributed by atoms with Gasteiger partial charge in [-0.15, -0.1) is 0 Å². The van der Waals surface area contributed by atoms with Gasteiger partial charge in [0.05, 0.1) is 19.4 Å². The second-order valence-electron chi connectivity index (χ2n) is 6.96. The zero-order valence-corrected chi connectivity index (χ0v) is 17.9. The maximum absolute atomic E-state index is 11.9. The van der Waals surface area contributed by atoms with Crippen LogP contribution in [0.5, 0.6) is 5.75 Å². The van der Waals surface area contributed by atoms with Gasteiger partial charge in [-0.25, -0.2) is 9.79 Å². The van der Waals surface area contributed by atoms with Crippen molar-refractivity contribution < 1.29 is 19.0 Å². The predicted octanol–water partition coefficient (Wildman–Crippen LogP) is 5.79. The molecule has 32 heavy (non-hydrogen) atoms. The van der Waals surface area contributed by atoms with E-state index in [0.29, 0.717) is 18.3 Å². The SMILES string of the molecule is CCOc1ccc(C(/C=C/C(=O)OC)=C2/OC(c3ccccc3)=Nc3ccccc32)cc1. The maximum Gasteiger partial charge on any atom is 0.330 e. The number of hydrogen-bond acceptors (Lipinski definition) is 5. The van der Waals surface area contributed by atoms with Crippen LogP contribution in [-0.2, 0) is 14.3 Å². The van der Waals surface area contributed by atoms with Crippen molar-refractivity contribution in [3.63, 3.8) is 0 Å². The molecule has 1 aliphatic rings. The van der Waals surface area contributed by atoms with Gasteiger partial charge < -0.3 is 14.2 Å². The number of allylic oxidation sites excluding steroid dienone is 2. The first-order chi connectivity index (χ1) is 15.7. The summed E-state index contributed by atoms with van der Waals surface area (Å²) in [5.41, 5.74) is 4.09. The Morgan fingerprint density at radius 2 is 1.66 bits per heavy atom. The fourth-order valence-corrected chi connectivity index (χ4v) is 3.37. The Hall–Kier alpha value is -4.12. The monoisotopic (exact) mass is 425 g/mol. The van der Waals surface area contributed by atoms with Crippen LogP contribution in [0, 0.1) is 0 Å². The molecule has 4 rings (SSSR count). The van der Waals surface area contributed by atoms with E-state index in [2.05, 4.69) is 0 Å². The van der Waals surface area contributed by atoms with Gasteiger partial charge in [0.25, 0.3) is 0 Å². The molecule has 0 N–H and O–H groups in total. The van der Waals surface area contributed by atoms with E-state index in [1.54, 1.807) is 6.08 Å². The van der Waals surface area contributed by atoms with Crippen LogP contribution in [0.3, 0.4) is 0 Å². The van der Waals surface area contributed by atoms with E-state index in [1.807, 2.05) is 85.8 Å². The van der Waals surface area contributed by atoms with Crippen LogP contribution in [-0.4, -0.2) is 25.6 Å². The quantitative estimate of drug-likeness (QED) is 0.370. The fourth-order valence-electron chi connectivity index (χ4n) is 3.37. The molecule has 0 saturated heterocycles. The van der Waals surface area contributed by atoms with Crippen LogP contribution in [0.2, 0.25) is 0 Å². The van der Waals surface area contributed by atoms with Crippen LogP contribution in [0.15, 0.2) is 96.0 Å².